The number of nitriles is 1. The molecule has 0 spiro atoms. The van der Waals surface area contributed by atoms with Crippen LogP contribution in [0.3, 0.4) is 0 Å². The van der Waals surface area contributed by atoms with Gasteiger partial charge in [-0.05, 0) is 31.5 Å². The van der Waals surface area contributed by atoms with E-state index in [1.807, 2.05) is 6.07 Å². The SMILES string of the molecule is Cc1cc([N+](=O)[O-])c(C)cc1OCc1cccnc1C#N. The summed E-state index contributed by atoms with van der Waals surface area (Å²) in [5.41, 5.74) is 2.27. The molecule has 0 bridgehead atoms. The number of hydrogen-bond donors (Lipinski definition) is 0. The van der Waals surface area contributed by atoms with Gasteiger partial charge in [0.05, 0.1) is 4.92 Å². The van der Waals surface area contributed by atoms with Gasteiger partial charge < -0.3 is 4.74 Å². The fourth-order valence-electron chi connectivity index (χ4n) is 1.94. The first kappa shape index (κ1) is 14.5. The lowest BCUT2D eigenvalue weighted by Crippen LogP contribution is -2.02. The molecular formula is C15H13N3O3. The average molecular weight is 283 g/mol. The third-order valence-corrected chi connectivity index (χ3v) is 3.07. The zero-order valence-corrected chi connectivity index (χ0v) is 11.7. The van der Waals surface area contributed by atoms with E-state index >= 15 is 0 Å². The highest BCUT2D eigenvalue weighted by Crippen LogP contribution is 2.28. The van der Waals surface area contributed by atoms with Crippen LogP contribution in [0, 0.1) is 35.3 Å². The van der Waals surface area contributed by atoms with Crippen LogP contribution >= 0.6 is 0 Å². The maximum atomic E-state index is 10.9. The van der Waals surface area contributed by atoms with Gasteiger partial charge in [-0.1, -0.05) is 6.07 Å². The van der Waals surface area contributed by atoms with E-state index < -0.39 is 4.92 Å². The van der Waals surface area contributed by atoms with Crippen LogP contribution in [0.25, 0.3) is 0 Å². The predicted octanol–water partition coefficient (Wildman–Crippen LogP) is 3.06. The number of pyridine rings is 1. The monoisotopic (exact) mass is 283 g/mol. The van der Waals surface area contributed by atoms with Crippen molar-refractivity contribution in [2.75, 3.05) is 0 Å². The number of ether oxygens (including phenoxy) is 1. The molecule has 0 amide bonds. The Hall–Kier alpha value is -2.94. The standard InChI is InChI=1S/C15H13N3O3/c1-10-7-15(11(2)6-14(10)18(19)20)21-9-12-4-3-5-17-13(12)8-16/h3-7H,9H2,1-2H3. The summed E-state index contributed by atoms with van der Waals surface area (Å²) in [5.74, 6) is 0.561. The summed E-state index contributed by atoms with van der Waals surface area (Å²) in [7, 11) is 0. The van der Waals surface area contributed by atoms with E-state index in [0.29, 0.717) is 28.1 Å². The van der Waals surface area contributed by atoms with E-state index in [2.05, 4.69) is 4.98 Å². The van der Waals surface area contributed by atoms with E-state index in [9.17, 15) is 10.1 Å². The Morgan fingerprint density at radius 2 is 2.14 bits per heavy atom. The molecular weight excluding hydrogens is 270 g/mol. The van der Waals surface area contributed by atoms with Gasteiger partial charge in [0.25, 0.3) is 5.69 Å². The third-order valence-electron chi connectivity index (χ3n) is 3.07. The summed E-state index contributed by atoms with van der Waals surface area (Å²) in [6, 6.07) is 8.61. The lowest BCUT2D eigenvalue weighted by molar-refractivity contribution is -0.385. The molecule has 0 radical (unpaired) electrons. The molecule has 106 valence electrons. The van der Waals surface area contributed by atoms with Gasteiger partial charge in [-0.15, -0.1) is 0 Å². The molecule has 0 fully saturated rings. The van der Waals surface area contributed by atoms with Crippen LogP contribution in [0.1, 0.15) is 22.4 Å². The highest BCUT2D eigenvalue weighted by Gasteiger charge is 2.14. The Balaban J connectivity index is 2.23. The molecule has 0 aliphatic rings. The zero-order chi connectivity index (χ0) is 15.4. The van der Waals surface area contributed by atoms with Crippen LogP contribution in [0.2, 0.25) is 0 Å². The minimum Gasteiger partial charge on any atom is -0.489 e. The van der Waals surface area contributed by atoms with Gasteiger partial charge >= 0.3 is 0 Å². The molecule has 0 N–H and O–H groups in total. The second-order valence-corrected chi connectivity index (χ2v) is 4.57. The molecule has 0 aliphatic carbocycles. The number of hydrogen-bond acceptors (Lipinski definition) is 5. The third kappa shape index (κ3) is 3.15. The van der Waals surface area contributed by atoms with E-state index in [1.165, 1.54) is 6.07 Å². The highest BCUT2D eigenvalue weighted by atomic mass is 16.6. The minimum atomic E-state index is -0.416. The second-order valence-electron chi connectivity index (χ2n) is 4.57. The molecule has 21 heavy (non-hydrogen) atoms. The first-order valence-corrected chi connectivity index (χ1v) is 6.25. The van der Waals surface area contributed by atoms with Crippen molar-refractivity contribution >= 4 is 5.69 Å². The molecule has 0 saturated heterocycles. The van der Waals surface area contributed by atoms with Gasteiger partial charge in [-0.25, -0.2) is 4.98 Å². The van der Waals surface area contributed by atoms with Crippen LogP contribution in [-0.4, -0.2) is 9.91 Å². The number of nitrogens with zero attached hydrogens (tertiary/aromatic N) is 3. The van der Waals surface area contributed by atoms with Gasteiger partial charge in [0, 0.05) is 23.4 Å². The molecule has 1 aromatic heterocycles. The van der Waals surface area contributed by atoms with Crippen molar-refractivity contribution in [2.45, 2.75) is 20.5 Å². The quantitative estimate of drug-likeness (QED) is 0.635. The fourth-order valence-corrected chi connectivity index (χ4v) is 1.94. The van der Waals surface area contributed by atoms with E-state index in [1.54, 1.807) is 38.2 Å². The lowest BCUT2D eigenvalue weighted by atomic mass is 10.1. The lowest BCUT2D eigenvalue weighted by Gasteiger charge is -2.11. The molecule has 6 heteroatoms. The number of nitro benzene ring substituents is 1. The van der Waals surface area contributed by atoms with Gasteiger partial charge in [0.15, 0.2) is 0 Å². The maximum Gasteiger partial charge on any atom is 0.272 e. The summed E-state index contributed by atoms with van der Waals surface area (Å²) in [6.45, 7) is 3.60. The predicted molar refractivity (Wildman–Crippen MR) is 75.9 cm³/mol. The zero-order valence-electron chi connectivity index (χ0n) is 11.7. The molecule has 0 aliphatic heterocycles. The number of rotatable bonds is 4. The topological polar surface area (TPSA) is 89.1 Å². The normalized spacial score (nSPS) is 9.95. The van der Waals surface area contributed by atoms with Gasteiger partial charge in [0.2, 0.25) is 0 Å². The van der Waals surface area contributed by atoms with E-state index in [4.69, 9.17) is 10.00 Å². The van der Waals surface area contributed by atoms with Crippen LogP contribution in [0.4, 0.5) is 5.69 Å². The van der Waals surface area contributed by atoms with Gasteiger partial charge in [-0.3, -0.25) is 10.1 Å². The van der Waals surface area contributed by atoms with Gasteiger partial charge in [-0.2, -0.15) is 5.26 Å². The maximum absolute atomic E-state index is 10.9. The summed E-state index contributed by atoms with van der Waals surface area (Å²) in [5, 5.41) is 19.8. The van der Waals surface area contributed by atoms with E-state index in [0.717, 1.165) is 0 Å². The fraction of sp³-hybridized carbons (Fsp3) is 0.200. The van der Waals surface area contributed by atoms with Crippen molar-refractivity contribution in [1.29, 1.82) is 5.26 Å². The van der Waals surface area contributed by atoms with Crippen LogP contribution in [0.15, 0.2) is 30.5 Å². The molecule has 1 heterocycles. The molecule has 1 aromatic carbocycles. The molecule has 6 nitrogen and oxygen atoms in total. The number of nitro groups is 1. The average Bonchev–Trinajstić information content (AvgIpc) is 2.47. The van der Waals surface area contributed by atoms with Crippen molar-refractivity contribution in [2.24, 2.45) is 0 Å². The second kappa shape index (κ2) is 6.01. The molecule has 0 unspecified atom stereocenters. The molecule has 2 aromatic rings. The molecule has 2 rings (SSSR count). The van der Waals surface area contributed by atoms with Crippen molar-refractivity contribution in [1.82, 2.24) is 4.98 Å². The minimum absolute atomic E-state index is 0.0685. The van der Waals surface area contributed by atoms with Crippen LogP contribution in [0.5, 0.6) is 5.75 Å². The van der Waals surface area contributed by atoms with Gasteiger partial charge in [0.1, 0.15) is 24.1 Å². The Morgan fingerprint density at radius 3 is 2.81 bits per heavy atom. The van der Waals surface area contributed by atoms with E-state index in [-0.39, 0.29) is 12.3 Å². The smallest absolute Gasteiger partial charge is 0.272 e. The highest BCUT2D eigenvalue weighted by molar-refractivity contribution is 5.49. The molecule has 0 saturated carbocycles. The van der Waals surface area contributed by atoms with Crippen LogP contribution in [-0.2, 0) is 6.61 Å². The summed E-state index contributed by atoms with van der Waals surface area (Å²) >= 11 is 0. The summed E-state index contributed by atoms with van der Waals surface area (Å²) in [4.78, 5) is 14.4. The number of benzene rings is 1. The Morgan fingerprint density at radius 1 is 1.38 bits per heavy atom. The summed E-state index contributed by atoms with van der Waals surface area (Å²) < 4.78 is 5.67. The Labute approximate surface area is 121 Å². The van der Waals surface area contributed by atoms with Crippen molar-refractivity contribution in [3.8, 4) is 11.8 Å². The van der Waals surface area contributed by atoms with Crippen molar-refractivity contribution in [3.05, 3.63) is 63.0 Å². The summed E-state index contributed by atoms with van der Waals surface area (Å²) in [6.07, 6.45) is 1.54. The largest absolute Gasteiger partial charge is 0.489 e. The number of aromatic nitrogens is 1. The number of aryl methyl sites for hydroxylation is 2. The first-order chi connectivity index (χ1) is 10.0. The Kier molecular flexibility index (Phi) is 4.14. The molecule has 0 atom stereocenters. The Bertz CT molecular complexity index is 735. The van der Waals surface area contributed by atoms with Crippen molar-refractivity contribution in [3.63, 3.8) is 0 Å². The first-order valence-electron chi connectivity index (χ1n) is 6.25. The van der Waals surface area contributed by atoms with Crippen LogP contribution < -0.4 is 4.74 Å². The van der Waals surface area contributed by atoms with Crippen molar-refractivity contribution < 1.29 is 9.66 Å².